The molecule has 0 unspecified atom stereocenters. The van der Waals surface area contributed by atoms with Crippen LogP contribution in [0, 0.1) is 17.3 Å². The molecule has 0 fully saturated rings. The van der Waals surface area contributed by atoms with Crippen LogP contribution in [0.15, 0.2) is 16.9 Å². The molecule has 1 N–H and O–H groups in total. The highest BCUT2D eigenvalue weighted by Gasteiger charge is 1.96. The summed E-state index contributed by atoms with van der Waals surface area (Å²) in [6.45, 7) is 0. The van der Waals surface area contributed by atoms with Gasteiger partial charge in [-0.15, -0.1) is 0 Å². The van der Waals surface area contributed by atoms with Crippen LogP contribution >= 0.6 is 0 Å². The Morgan fingerprint density at radius 1 is 1.60 bits per heavy atom. The molecule has 4 heteroatoms. The number of rotatable bonds is 0. The Kier molecular flexibility index (Phi) is 1.50. The standard InChI is InChI=1S/C6H3FN2O/c7-5-2-1-4(3-8)6(10)9-5/h1-2H,(H,9,10). The molecular formula is C6H3FN2O. The highest BCUT2D eigenvalue weighted by atomic mass is 19.1. The lowest BCUT2D eigenvalue weighted by molar-refractivity contribution is 0.579. The van der Waals surface area contributed by atoms with Gasteiger partial charge < -0.3 is 0 Å². The number of nitrogens with zero attached hydrogens (tertiary/aromatic N) is 1. The van der Waals surface area contributed by atoms with E-state index >= 15 is 0 Å². The van der Waals surface area contributed by atoms with Crippen LogP contribution in [0.3, 0.4) is 0 Å². The Morgan fingerprint density at radius 3 is 2.80 bits per heavy atom. The van der Waals surface area contributed by atoms with Gasteiger partial charge in [0, 0.05) is 0 Å². The molecule has 0 amide bonds. The summed E-state index contributed by atoms with van der Waals surface area (Å²) in [6.07, 6.45) is 0. The number of halogens is 1. The van der Waals surface area contributed by atoms with E-state index in [4.69, 9.17) is 5.26 Å². The second-order valence-corrected chi connectivity index (χ2v) is 1.66. The molecule has 50 valence electrons. The topological polar surface area (TPSA) is 56.6 Å². The SMILES string of the molecule is N#Cc1ccc(F)[nH]c1=O. The molecule has 0 aliphatic carbocycles. The maximum atomic E-state index is 12.1. The van der Waals surface area contributed by atoms with E-state index in [1.54, 1.807) is 6.07 Å². The number of H-pyrrole nitrogens is 1. The Morgan fingerprint density at radius 2 is 2.30 bits per heavy atom. The van der Waals surface area contributed by atoms with Crippen LogP contribution in [0.1, 0.15) is 5.56 Å². The monoisotopic (exact) mass is 138 g/mol. The summed E-state index contributed by atoms with van der Waals surface area (Å²) in [5.74, 6) is -0.732. The maximum Gasteiger partial charge on any atom is 0.268 e. The van der Waals surface area contributed by atoms with E-state index in [9.17, 15) is 9.18 Å². The van der Waals surface area contributed by atoms with E-state index in [2.05, 4.69) is 0 Å². The molecule has 0 bridgehead atoms. The van der Waals surface area contributed by atoms with E-state index in [1.807, 2.05) is 4.98 Å². The van der Waals surface area contributed by atoms with Crippen LogP contribution in [0.25, 0.3) is 0 Å². The minimum absolute atomic E-state index is 0.0820. The van der Waals surface area contributed by atoms with Crippen molar-refractivity contribution >= 4 is 0 Å². The van der Waals surface area contributed by atoms with Gasteiger partial charge in [0.15, 0.2) is 5.95 Å². The number of aromatic amines is 1. The Hall–Kier alpha value is -1.63. The lowest BCUT2D eigenvalue weighted by atomic mass is 10.3. The average Bonchev–Trinajstić information content (AvgIpc) is 1.88. The number of aromatic nitrogens is 1. The van der Waals surface area contributed by atoms with Gasteiger partial charge >= 0.3 is 0 Å². The average molecular weight is 138 g/mol. The number of hydrogen-bond acceptors (Lipinski definition) is 2. The normalized spacial score (nSPS) is 8.80. The highest BCUT2D eigenvalue weighted by molar-refractivity contribution is 5.24. The molecule has 1 aromatic heterocycles. The number of nitrogens with one attached hydrogen (secondary N) is 1. The fourth-order valence-electron chi connectivity index (χ4n) is 0.538. The van der Waals surface area contributed by atoms with Gasteiger partial charge in [0.2, 0.25) is 0 Å². The zero-order valence-electron chi connectivity index (χ0n) is 4.89. The van der Waals surface area contributed by atoms with Gasteiger partial charge in [-0.05, 0) is 12.1 Å². The molecular weight excluding hydrogens is 135 g/mol. The maximum absolute atomic E-state index is 12.1. The van der Waals surface area contributed by atoms with Crippen molar-refractivity contribution in [2.24, 2.45) is 0 Å². The summed E-state index contributed by atoms with van der Waals surface area (Å²) in [4.78, 5) is 12.4. The molecule has 3 nitrogen and oxygen atoms in total. The molecule has 0 aliphatic heterocycles. The van der Waals surface area contributed by atoms with E-state index in [0.717, 1.165) is 12.1 Å². The van der Waals surface area contributed by atoms with Gasteiger partial charge in [-0.25, -0.2) is 0 Å². The molecule has 1 heterocycles. The Labute approximate surface area is 55.7 Å². The summed E-state index contributed by atoms with van der Waals surface area (Å²) < 4.78 is 12.1. The summed E-state index contributed by atoms with van der Waals surface area (Å²) in [6, 6.07) is 3.77. The van der Waals surface area contributed by atoms with Gasteiger partial charge in [0.05, 0.1) is 0 Å². The van der Waals surface area contributed by atoms with Crippen molar-refractivity contribution < 1.29 is 4.39 Å². The third kappa shape index (κ3) is 1.03. The Balaban J connectivity index is 3.38. The molecule has 1 rings (SSSR count). The van der Waals surface area contributed by atoms with Gasteiger partial charge in [0.1, 0.15) is 11.6 Å². The largest absolute Gasteiger partial charge is 0.298 e. The van der Waals surface area contributed by atoms with Crippen molar-refractivity contribution in [1.82, 2.24) is 4.98 Å². The fraction of sp³-hybridized carbons (Fsp3) is 0. The minimum Gasteiger partial charge on any atom is -0.298 e. The summed E-state index contributed by atoms with van der Waals surface area (Å²) >= 11 is 0. The van der Waals surface area contributed by atoms with Gasteiger partial charge in [-0.3, -0.25) is 9.78 Å². The van der Waals surface area contributed by atoms with Crippen molar-refractivity contribution in [2.75, 3.05) is 0 Å². The van der Waals surface area contributed by atoms with Gasteiger partial charge in [0.25, 0.3) is 5.56 Å². The molecule has 0 aromatic carbocycles. The highest BCUT2D eigenvalue weighted by Crippen LogP contribution is 1.89. The first-order valence-corrected chi connectivity index (χ1v) is 2.53. The van der Waals surface area contributed by atoms with E-state index in [0.29, 0.717) is 0 Å². The van der Waals surface area contributed by atoms with Crippen molar-refractivity contribution in [1.29, 1.82) is 5.26 Å². The van der Waals surface area contributed by atoms with Crippen molar-refractivity contribution in [3.05, 3.63) is 34.0 Å². The van der Waals surface area contributed by atoms with Crippen molar-refractivity contribution in [2.45, 2.75) is 0 Å². The van der Waals surface area contributed by atoms with Crippen molar-refractivity contribution in [3.63, 3.8) is 0 Å². The number of pyridine rings is 1. The first kappa shape index (κ1) is 6.49. The smallest absolute Gasteiger partial charge is 0.268 e. The molecule has 0 aliphatic rings. The predicted octanol–water partition coefficient (Wildman–Crippen LogP) is 0.386. The second-order valence-electron chi connectivity index (χ2n) is 1.66. The third-order valence-electron chi connectivity index (χ3n) is 0.994. The zero-order chi connectivity index (χ0) is 7.56. The fourth-order valence-corrected chi connectivity index (χ4v) is 0.538. The predicted molar refractivity (Wildman–Crippen MR) is 31.7 cm³/mol. The number of hydrogen-bond donors (Lipinski definition) is 1. The van der Waals surface area contributed by atoms with E-state index < -0.39 is 11.5 Å². The van der Waals surface area contributed by atoms with Crippen LogP contribution < -0.4 is 5.56 Å². The lowest BCUT2D eigenvalue weighted by Crippen LogP contribution is -2.10. The van der Waals surface area contributed by atoms with Crippen LogP contribution in [0.5, 0.6) is 0 Å². The molecule has 10 heavy (non-hydrogen) atoms. The zero-order valence-corrected chi connectivity index (χ0v) is 4.89. The van der Waals surface area contributed by atoms with Crippen LogP contribution in [0.4, 0.5) is 4.39 Å². The Bertz CT molecular complexity index is 336. The molecule has 0 atom stereocenters. The van der Waals surface area contributed by atoms with Crippen LogP contribution in [-0.4, -0.2) is 4.98 Å². The lowest BCUT2D eigenvalue weighted by Gasteiger charge is -1.86. The summed E-state index contributed by atoms with van der Waals surface area (Å²) in [5.41, 5.74) is -0.774. The number of nitriles is 1. The molecule has 0 spiro atoms. The first-order chi connectivity index (χ1) is 4.74. The molecule has 0 radical (unpaired) electrons. The van der Waals surface area contributed by atoms with E-state index in [1.165, 1.54) is 0 Å². The first-order valence-electron chi connectivity index (χ1n) is 2.53. The third-order valence-corrected chi connectivity index (χ3v) is 0.994. The summed E-state index contributed by atoms with van der Waals surface area (Å²) in [5, 5.41) is 8.22. The second kappa shape index (κ2) is 2.31. The molecule has 0 saturated carbocycles. The van der Waals surface area contributed by atoms with Gasteiger partial charge in [-0.2, -0.15) is 9.65 Å². The van der Waals surface area contributed by atoms with Crippen molar-refractivity contribution in [3.8, 4) is 6.07 Å². The van der Waals surface area contributed by atoms with Gasteiger partial charge in [-0.1, -0.05) is 0 Å². The quantitative estimate of drug-likeness (QED) is 0.527. The minimum atomic E-state index is -0.732. The van der Waals surface area contributed by atoms with Crippen LogP contribution in [-0.2, 0) is 0 Å². The van der Waals surface area contributed by atoms with Crippen LogP contribution in [0.2, 0.25) is 0 Å². The van der Waals surface area contributed by atoms with E-state index in [-0.39, 0.29) is 5.56 Å². The molecule has 0 saturated heterocycles. The summed E-state index contributed by atoms with van der Waals surface area (Å²) in [7, 11) is 0. The molecule has 1 aromatic rings.